The van der Waals surface area contributed by atoms with E-state index in [0.29, 0.717) is 6.04 Å². The smallest absolute Gasteiger partial charge is 0.226 e. The van der Waals surface area contributed by atoms with Gasteiger partial charge in [-0.1, -0.05) is 0 Å². The second-order valence-electron chi connectivity index (χ2n) is 6.99. The summed E-state index contributed by atoms with van der Waals surface area (Å²) in [6.07, 6.45) is 5.75. The summed E-state index contributed by atoms with van der Waals surface area (Å²) in [4.78, 5) is 15.2. The van der Waals surface area contributed by atoms with Crippen LogP contribution in [0.15, 0.2) is 0 Å². The summed E-state index contributed by atoms with van der Waals surface area (Å²) in [5, 5.41) is 20.1. The number of carbonyl (C=O) groups is 1. The number of nitrogens with one attached hydrogen (secondary N) is 3. The van der Waals surface area contributed by atoms with Gasteiger partial charge in [0, 0.05) is 18.6 Å². The lowest BCUT2D eigenvalue weighted by Gasteiger charge is -2.46. The lowest BCUT2D eigenvalue weighted by atomic mass is 9.90. The third kappa shape index (κ3) is 2.38. The first kappa shape index (κ1) is 13.9. The molecule has 1 amide bonds. The predicted molar refractivity (Wildman–Crippen MR) is 78.3 cm³/mol. The van der Waals surface area contributed by atoms with Crippen molar-refractivity contribution in [2.45, 2.75) is 56.5 Å². The van der Waals surface area contributed by atoms with E-state index in [2.05, 4.69) is 20.9 Å². The van der Waals surface area contributed by atoms with E-state index < -0.39 is 0 Å². The number of amides is 1. The Hall–Kier alpha value is -0.690. The summed E-state index contributed by atoms with van der Waals surface area (Å²) in [7, 11) is 0. The largest absolute Gasteiger partial charge is 0.396 e. The fourth-order valence-electron chi connectivity index (χ4n) is 4.40. The molecule has 118 valence electrons. The van der Waals surface area contributed by atoms with Gasteiger partial charge in [0.2, 0.25) is 5.91 Å². The molecule has 3 saturated heterocycles. The molecule has 4 N–H and O–H groups in total. The molecule has 5 atom stereocenters. The van der Waals surface area contributed by atoms with E-state index in [9.17, 15) is 9.90 Å². The van der Waals surface area contributed by atoms with Crippen LogP contribution in [0.25, 0.3) is 0 Å². The minimum Gasteiger partial charge on any atom is -0.396 e. The number of piperidine rings is 2. The molecule has 6 heteroatoms. The maximum atomic E-state index is 12.7. The lowest BCUT2D eigenvalue weighted by Crippen LogP contribution is -2.66. The molecule has 0 aromatic rings. The first-order valence-corrected chi connectivity index (χ1v) is 8.45. The van der Waals surface area contributed by atoms with Gasteiger partial charge in [0.25, 0.3) is 0 Å². The number of nitrogens with zero attached hydrogens (tertiary/aromatic N) is 1. The van der Waals surface area contributed by atoms with Crippen LogP contribution < -0.4 is 16.0 Å². The summed E-state index contributed by atoms with van der Waals surface area (Å²) < 4.78 is 0. The Morgan fingerprint density at radius 1 is 1.10 bits per heavy atom. The Morgan fingerprint density at radius 2 is 1.90 bits per heavy atom. The van der Waals surface area contributed by atoms with Crippen LogP contribution in [0.2, 0.25) is 0 Å². The summed E-state index contributed by atoms with van der Waals surface area (Å²) in [5.41, 5.74) is 0. The number of carbonyl (C=O) groups excluding carboxylic acids is 1. The number of rotatable bonds is 2. The minimum absolute atomic E-state index is 0.0317. The first-order chi connectivity index (χ1) is 10.3. The molecule has 1 saturated carbocycles. The predicted octanol–water partition coefficient (Wildman–Crippen LogP) is -0.797. The highest BCUT2D eigenvalue weighted by atomic mass is 16.3. The highest BCUT2D eigenvalue weighted by Gasteiger charge is 2.51. The van der Waals surface area contributed by atoms with Gasteiger partial charge in [-0.2, -0.15) is 0 Å². The van der Waals surface area contributed by atoms with Crippen LogP contribution in [0.3, 0.4) is 0 Å². The van der Waals surface area contributed by atoms with Crippen molar-refractivity contribution in [3.05, 3.63) is 0 Å². The van der Waals surface area contributed by atoms with Crippen LogP contribution in [0.1, 0.15) is 32.1 Å². The minimum atomic E-state index is 0.0317. The van der Waals surface area contributed by atoms with Gasteiger partial charge in [-0.3, -0.25) is 15.0 Å². The summed E-state index contributed by atoms with van der Waals surface area (Å²) in [5.74, 6) is 0.389. The third-order valence-corrected chi connectivity index (χ3v) is 5.63. The Kier molecular flexibility index (Phi) is 3.65. The zero-order valence-corrected chi connectivity index (χ0v) is 12.4. The second kappa shape index (κ2) is 5.50. The Labute approximate surface area is 125 Å². The molecule has 0 radical (unpaired) electrons. The number of aliphatic hydroxyl groups excluding tert-OH is 1. The molecule has 6 nitrogen and oxygen atoms in total. The van der Waals surface area contributed by atoms with E-state index in [0.717, 1.165) is 32.4 Å². The maximum absolute atomic E-state index is 12.7. The van der Waals surface area contributed by atoms with Crippen LogP contribution >= 0.6 is 0 Å². The van der Waals surface area contributed by atoms with Gasteiger partial charge in [0.05, 0.1) is 24.3 Å². The van der Waals surface area contributed by atoms with E-state index >= 15 is 0 Å². The molecule has 3 aliphatic heterocycles. The zero-order valence-electron chi connectivity index (χ0n) is 12.4. The van der Waals surface area contributed by atoms with E-state index in [4.69, 9.17) is 0 Å². The Balaban J connectivity index is 1.68. The van der Waals surface area contributed by atoms with Crippen LogP contribution in [0.4, 0.5) is 0 Å². The average molecular weight is 294 g/mol. The fourth-order valence-corrected chi connectivity index (χ4v) is 4.40. The lowest BCUT2D eigenvalue weighted by molar-refractivity contribution is -0.128. The number of hydrogen-bond donors (Lipinski definition) is 4. The van der Waals surface area contributed by atoms with Crippen LogP contribution in [-0.4, -0.2) is 60.0 Å². The standard InChI is InChI=1S/C15H26N4O2/c20-8-9-5-7-17-14-12(9)18-15(21)11-2-1-6-16-13(11)19(14)10-3-4-10/h9-14,16-17,20H,1-8H2,(H,18,21). The van der Waals surface area contributed by atoms with Crippen LogP contribution in [0, 0.1) is 11.8 Å². The van der Waals surface area contributed by atoms with Crippen molar-refractivity contribution in [2.75, 3.05) is 19.7 Å². The Bertz CT molecular complexity index is 414. The molecule has 4 rings (SSSR count). The fraction of sp³-hybridized carbons (Fsp3) is 0.933. The summed E-state index contributed by atoms with van der Waals surface area (Å²) in [6.45, 7) is 2.08. The van der Waals surface area contributed by atoms with Crippen molar-refractivity contribution in [1.82, 2.24) is 20.9 Å². The highest BCUT2D eigenvalue weighted by Crippen LogP contribution is 2.37. The second-order valence-corrected chi connectivity index (χ2v) is 6.99. The van der Waals surface area contributed by atoms with Crippen molar-refractivity contribution in [1.29, 1.82) is 0 Å². The maximum Gasteiger partial charge on any atom is 0.226 e. The van der Waals surface area contributed by atoms with Crippen molar-refractivity contribution < 1.29 is 9.90 Å². The van der Waals surface area contributed by atoms with Gasteiger partial charge in [0.1, 0.15) is 0 Å². The van der Waals surface area contributed by atoms with E-state index in [-0.39, 0.29) is 42.7 Å². The molecule has 4 aliphatic rings. The van der Waals surface area contributed by atoms with Gasteiger partial charge in [-0.25, -0.2) is 0 Å². The van der Waals surface area contributed by atoms with Gasteiger partial charge in [-0.15, -0.1) is 0 Å². The normalized spacial score (nSPS) is 44.4. The summed E-state index contributed by atoms with van der Waals surface area (Å²) in [6, 6.07) is 0.623. The van der Waals surface area contributed by atoms with E-state index in [1.165, 1.54) is 12.8 Å². The highest BCUT2D eigenvalue weighted by molar-refractivity contribution is 5.80. The molecule has 4 fully saturated rings. The molecular formula is C15H26N4O2. The molecule has 0 spiro atoms. The quantitative estimate of drug-likeness (QED) is 0.537. The zero-order chi connectivity index (χ0) is 14.4. The van der Waals surface area contributed by atoms with Crippen molar-refractivity contribution in [3.8, 4) is 0 Å². The third-order valence-electron chi connectivity index (χ3n) is 5.63. The Morgan fingerprint density at radius 3 is 2.67 bits per heavy atom. The molecule has 0 aromatic carbocycles. The monoisotopic (exact) mass is 294 g/mol. The van der Waals surface area contributed by atoms with Crippen molar-refractivity contribution >= 4 is 5.91 Å². The number of hydrogen-bond acceptors (Lipinski definition) is 5. The molecule has 3 heterocycles. The van der Waals surface area contributed by atoms with Gasteiger partial charge in [0.15, 0.2) is 0 Å². The SMILES string of the molecule is O=C1NC2C(CO)CCNC2N(C2CC2)C2NCCCC12. The van der Waals surface area contributed by atoms with Crippen LogP contribution in [-0.2, 0) is 4.79 Å². The van der Waals surface area contributed by atoms with Crippen molar-refractivity contribution in [3.63, 3.8) is 0 Å². The molecule has 21 heavy (non-hydrogen) atoms. The molecule has 5 unspecified atom stereocenters. The van der Waals surface area contributed by atoms with Gasteiger partial charge >= 0.3 is 0 Å². The average Bonchev–Trinajstić information content (AvgIpc) is 3.34. The summed E-state index contributed by atoms with van der Waals surface area (Å²) >= 11 is 0. The topological polar surface area (TPSA) is 76.6 Å². The van der Waals surface area contributed by atoms with E-state index in [1.807, 2.05) is 0 Å². The molecule has 1 aliphatic carbocycles. The van der Waals surface area contributed by atoms with Gasteiger partial charge < -0.3 is 15.7 Å². The molecular weight excluding hydrogens is 268 g/mol. The van der Waals surface area contributed by atoms with Crippen molar-refractivity contribution in [2.24, 2.45) is 11.8 Å². The molecule has 0 aromatic heterocycles. The number of fused-ring (bicyclic) bond motifs is 2. The van der Waals surface area contributed by atoms with Crippen LogP contribution in [0.5, 0.6) is 0 Å². The first-order valence-electron chi connectivity index (χ1n) is 8.45. The van der Waals surface area contributed by atoms with E-state index in [1.54, 1.807) is 0 Å². The number of aliphatic hydroxyl groups is 1. The molecule has 0 bridgehead atoms. The van der Waals surface area contributed by atoms with Gasteiger partial charge in [-0.05, 0) is 45.2 Å².